The van der Waals surface area contributed by atoms with E-state index < -0.39 is 24.7 Å². The maximum atomic E-state index is 12.0. The van der Waals surface area contributed by atoms with Gasteiger partial charge in [-0.15, -0.1) is 0 Å². The molecule has 0 aromatic carbocycles. The van der Waals surface area contributed by atoms with Crippen LogP contribution in [-0.4, -0.2) is 29.9 Å². The Hall–Kier alpha value is -0.500. The van der Waals surface area contributed by atoms with Crippen molar-refractivity contribution in [2.45, 2.75) is 25.1 Å². The van der Waals surface area contributed by atoms with E-state index in [0.717, 1.165) is 0 Å². The van der Waals surface area contributed by atoms with Crippen molar-refractivity contribution in [1.82, 2.24) is 0 Å². The Bertz CT molecular complexity index is 169. The highest BCUT2D eigenvalue weighted by atomic mass is 19.3. The molecular formula is C5H6F6O2. The second-order valence-corrected chi connectivity index (χ2v) is 2.34. The van der Waals surface area contributed by atoms with E-state index in [9.17, 15) is 26.3 Å². The van der Waals surface area contributed by atoms with Crippen LogP contribution in [0.25, 0.3) is 0 Å². The first-order chi connectivity index (χ1) is 5.46. The smallest absolute Gasteiger partial charge is 0.331 e. The highest BCUT2D eigenvalue weighted by Crippen LogP contribution is 2.33. The standard InChI is InChI=1S/C5H6F6O2/c1-3(6,7)13-2-4(8,9)5(10,11)12/h12H,2H2,1H3. The summed E-state index contributed by atoms with van der Waals surface area (Å²) < 4.78 is 73.7. The first-order valence-electron chi connectivity index (χ1n) is 2.95. The molecule has 0 aliphatic heterocycles. The fourth-order valence-corrected chi connectivity index (χ4v) is 0.304. The Labute approximate surface area is 69.1 Å². The lowest BCUT2D eigenvalue weighted by Crippen LogP contribution is -2.45. The average Bonchev–Trinajstić information content (AvgIpc) is 1.79. The molecule has 0 bridgehead atoms. The topological polar surface area (TPSA) is 29.5 Å². The van der Waals surface area contributed by atoms with Gasteiger partial charge in [-0.05, 0) is 0 Å². The predicted octanol–water partition coefficient (Wildman–Crippen LogP) is 1.84. The number of halogens is 6. The summed E-state index contributed by atoms with van der Waals surface area (Å²) in [5.74, 6) is -5.04. The van der Waals surface area contributed by atoms with E-state index >= 15 is 0 Å². The zero-order chi connectivity index (χ0) is 10.9. The van der Waals surface area contributed by atoms with Crippen LogP contribution >= 0.6 is 0 Å². The second kappa shape index (κ2) is 3.33. The van der Waals surface area contributed by atoms with E-state index in [1.807, 2.05) is 0 Å². The van der Waals surface area contributed by atoms with Gasteiger partial charge in [0, 0.05) is 6.92 Å². The van der Waals surface area contributed by atoms with E-state index in [1.165, 1.54) is 0 Å². The summed E-state index contributed by atoms with van der Waals surface area (Å²) in [6.45, 7) is -2.15. The van der Waals surface area contributed by atoms with Gasteiger partial charge < -0.3 is 9.84 Å². The lowest BCUT2D eigenvalue weighted by molar-refractivity contribution is -0.356. The SMILES string of the molecule is CC(F)(F)OCC(F)(F)C(O)(F)F. The molecule has 1 N–H and O–H groups in total. The van der Waals surface area contributed by atoms with Gasteiger partial charge in [0.1, 0.15) is 6.61 Å². The van der Waals surface area contributed by atoms with Crippen LogP contribution < -0.4 is 0 Å². The molecule has 0 aliphatic rings. The van der Waals surface area contributed by atoms with Gasteiger partial charge in [0.25, 0.3) is 0 Å². The van der Waals surface area contributed by atoms with Gasteiger partial charge in [0.2, 0.25) is 0 Å². The Balaban J connectivity index is 4.21. The summed E-state index contributed by atoms with van der Waals surface area (Å²) in [7, 11) is 0. The van der Waals surface area contributed by atoms with Crippen LogP contribution in [-0.2, 0) is 4.74 Å². The van der Waals surface area contributed by atoms with Crippen molar-refractivity contribution >= 4 is 0 Å². The Morgan fingerprint density at radius 1 is 1.08 bits per heavy atom. The lowest BCUT2D eigenvalue weighted by atomic mass is 10.3. The molecule has 0 saturated carbocycles. The minimum atomic E-state index is -5.38. The van der Waals surface area contributed by atoms with Crippen LogP contribution in [0.3, 0.4) is 0 Å². The van der Waals surface area contributed by atoms with Gasteiger partial charge in [0.15, 0.2) is 0 Å². The molecule has 0 amide bonds. The third-order valence-corrected chi connectivity index (χ3v) is 0.947. The van der Waals surface area contributed by atoms with Gasteiger partial charge in [-0.3, -0.25) is 0 Å². The molecule has 0 saturated heterocycles. The van der Waals surface area contributed by atoms with E-state index in [2.05, 4.69) is 4.74 Å². The summed E-state index contributed by atoms with van der Waals surface area (Å²) in [5, 5.41) is 7.53. The summed E-state index contributed by atoms with van der Waals surface area (Å²) in [6.07, 6.45) is -9.33. The van der Waals surface area contributed by atoms with Gasteiger partial charge in [-0.2, -0.15) is 26.3 Å². The third kappa shape index (κ3) is 4.32. The third-order valence-electron chi connectivity index (χ3n) is 0.947. The van der Waals surface area contributed by atoms with Crippen molar-refractivity contribution in [1.29, 1.82) is 0 Å². The minimum Gasteiger partial charge on any atom is -0.331 e. The normalized spacial score (nSPS) is 14.8. The Morgan fingerprint density at radius 3 is 1.69 bits per heavy atom. The van der Waals surface area contributed by atoms with Gasteiger partial charge in [0.05, 0.1) is 0 Å². The van der Waals surface area contributed by atoms with Crippen molar-refractivity contribution in [2.24, 2.45) is 0 Å². The molecule has 0 radical (unpaired) electrons. The number of hydrogen-bond donors (Lipinski definition) is 1. The molecule has 80 valence electrons. The molecule has 0 unspecified atom stereocenters. The summed E-state index contributed by atoms with van der Waals surface area (Å²) >= 11 is 0. The van der Waals surface area contributed by atoms with Gasteiger partial charge >= 0.3 is 18.1 Å². The maximum absolute atomic E-state index is 12.0. The van der Waals surface area contributed by atoms with Crippen molar-refractivity contribution < 1.29 is 36.2 Å². The first-order valence-corrected chi connectivity index (χ1v) is 2.95. The number of rotatable bonds is 4. The molecule has 0 spiro atoms. The van der Waals surface area contributed by atoms with Crippen molar-refractivity contribution in [2.75, 3.05) is 6.61 Å². The molecule has 0 rings (SSSR count). The molecule has 0 fully saturated rings. The van der Waals surface area contributed by atoms with Crippen LogP contribution in [0.15, 0.2) is 0 Å². The van der Waals surface area contributed by atoms with Gasteiger partial charge in [-0.25, -0.2) is 0 Å². The second-order valence-electron chi connectivity index (χ2n) is 2.34. The predicted molar refractivity (Wildman–Crippen MR) is 28.7 cm³/mol. The molecular weight excluding hydrogens is 206 g/mol. The van der Waals surface area contributed by atoms with Crippen LogP contribution in [0.2, 0.25) is 0 Å². The van der Waals surface area contributed by atoms with Crippen LogP contribution in [0.1, 0.15) is 6.92 Å². The zero-order valence-corrected chi connectivity index (χ0v) is 6.33. The highest BCUT2D eigenvalue weighted by molar-refractivity contribution is 4.74. The number of hydrogen-bond acceptors (Lipinski definition) is 2. The number of aliphatic hydroxyl groups is 1. The summed E-state index contributed by atoms with van der Waals surface area (Å²) in [6, 6.07) is 0. The molecule has 0 atom stereocenters. The Morgan fingerprint density at radius 2 is 1.46 bits per heavy atom. The molecule has 13 heavy (non-hydrogen) atoms. The molecule has 0 aromatic heterocycles. The van der Waals surface area contributed by atoms with Crippen molar-refractivity contribution in [3.63, 3.8) is 0 Å². The monoisotopic (exact) mass is 212 g/mol. The van der Waals surface area contributed by atoms with Gasteiger partial charge in [-0.1, -0.05) is 0 Å². The number of alkyl halides is 6. The molecule has 0 heterocycles. The largest absolute Gasteiger partial charge is 0.419 e. The quantitative estimate of drug-likeness (QED) is 0.720. The molecule has 0 aromatic rings. The van der Waals surface area contributed by atoms with Crippen molar-refractivity contribution in [3.8, 4) is 0 Å². The van der Waals surface area contributed by atoms with Crippen LogP contribution in [0.4, 0.5) is 26.3 Å². The number of ether oxygens (including phenoxy) is 1. The minimum absolute atomic E-state index is 0.110. The molecule has 2 nitrogen and oxygen atoms in total. The van der Waals surface area contributed by atoms with E-state index in [-0.39, 0.29) is 6.92 Å². The average molecular weight is 212 g/mol. The zero-order valence-electron chi connectivity index (χ0n) is 6.33. The van der Waals surface area contributed by atoms with E-state index in [1.54, 1.807) is 0 Å². The summed E-state index contributed by atoms with van der Waals surface area (Å²) in [4.78, 5) is 0. The fraction of sp³-hybridized carbons (Fsp3) is 1.00. The summed E-state index contributed by atoms with van der Waals surface area (Å²) in [5.41, 5.74) is 0. The molecule has 8 heteroatoms. The Kier molecular flexibility index (Phi) is 3.21. The van der Waals surface area contributed by atoms with Crippen LogP contribution in [0, 0.1) is 0 Å². The highest BCUT2D eigenvalue weighted by Gasteiger charge is 2.56. The van der Waals surface area contributed by atoms with Crippen molar-refractivity contribution in [3.05, 3.63) is 0 Å². The van der Waals surface area contributed by atoms with E-state index in [4.69, 9.17) is 5.11 Å². The lowest BCUT2D eigenvalue weighted by Gasteiger charge is -2.22. The maximum Gasteiger partial charge on any atom is 0.419 e. The van der Waals surface area contributed by atoms with E-state index in [0.29, 0.717) is 0 Å². The fourth-order valence-electron chi connectivity index (χ4n) is 0.304. The van der Waals surface area contributed by atoms with Crippen LogP contribution in [0.5, 0.6) is 0 Å². The molecule has 0 aliphatic carbocycles. The first kappa shape index (κ1) is 12.5.